The van der Waals surface area contributed by atoms with Crippen LogP contribution in [0.4, 0.5) is 0 Å². The molecule has 13 heavy (non-hydrogen) atoms. The quantitative estimate of drug-likeness (QED) is 0.712. The zero-order valence-corrected chi connectivity index (χ0v) is 8.25. The van der Waals surface area contributed by atoms with Crippen molar-refractivity contribution in [3.05, 3.63) is 42.2 Å². The van der Waals surface area contributed by atoms with E-state index >= 15 is 0 Å². The van der Waals surface area contributed by atoms with Crippen molar-refractivity contribution in [3.63, 3.8) is 0 Å². The lowest BCUT2D eigenvalue weighted by Gasteiger charge is -2.14. The molecule has 0 saturated carbocycles. The Bertz CT molecular complexity index is 267. The van der Waals surface area contributed by atoms with Gasteiger partial charge in [-0.05, 0) is 32.5 Å². The minimum Gasteiger partial charge on any atom is -0.311 e. The van der Waals surface area contributed by atoms with Gasteiger partial charge in [0, 0.05) is 6.20 Å². The molecule has 0 aliphatic carbocycles. The molecule has 0 aromatic carbocycles. The van der Waals surface area contributed by atoms with Gasteiger partial charge in [0.05, 0.1) is 11.7 Å². The lowest BCUT2D eigenvalue weighted by molar-refractivity contribution is 0.574. The maximum atomic E-state index is 4.30. The van der Waals surface area contributed by atoms with Crippen molar-refractivity contribution in [2.24, 2.45) is 0 Å². The van der Waals surface area contributed by atoms with Crippen LogP contribution in [0.5, 0.6) is 0 Å². The number of rotatable bonds is 4. The molecule has 0 spiro atoms. The molecule has 0 radical (unpaired) electrons. The summed E-state index contributed by atoms with van der Waals surface area (Å²) in [6.07, 6.45) is 2.76. The first kappa shape index (κ1) is 9.93. The minimum absolute atomic E-state index is 0.290. The average molecular weight is 176 g/mol. The normalized spacial score (nSPS) is 12.5. The molecule has 1 rings (SSSR count). The van der Waals surface area contributed by atoms with Crippen LogP contribution in [-0.2, 0) is 0 Å². The van der Waals surface area contributed by atoms with Gasteiger partial charge in [-0.25, -0.2) is 0 Å². The molecule has 1 aromatic rings. The predicted molar refractivity (Wildman–Crippen MR) is 55.5 cm³/mol. The first-order valence-electron chi connectivity index (χ1n) is 4.46. The van der Waals surface area contributed by atoms with Crippen LogP contribution in [0.3, 0.4) is 0 Å². The lowest BCUT2D eigenvalue weighted by Crippen LogP contribution is -2.17. The number of pyridine rings is 1. The minimum atomic E-state index is 0.290. The van der Waals surface area contributed by atoms with Crippen LogP contribution in [0.15, 0.2) is 36.5 Å². The highest BCUT2D eigenvalue weighted by Crippen LogP contribution is 2.16. The van der Waals surface area contributed by atoms with Crippen molar-refractivity contribution in [2.45, 2.75) is 19.4 Å². The Morgan fingerprint density at radius 3 is 2.85 bits per heavy atom. The summed E-state index contributed by atoms with van der Waals surface area (Å²) in [5.74, 6) is 0. The monoisotopic (exact) mass is 176 g/mol. The standard InChI is InChI=1S/C11H16N2/c1-9(2)8-11(12-3)10-6-4-5-7-13-10/h4-7,11-12H,1,8H2,2-3H3. The molecular weight excluding hydrogens is 160 g/mol. The van der Waals surface area contributed by atoms with E-state index in [0.29, 0.717) is 6.04 Å². The summed E-state index contributed by atoms with van der Waals surface area (Å²) in [5.41, 5.74) is 2.25. The highest BCUT2D eigenvalue weighted by molar-refractivity contribution is 5.11. The van der Waals surface area contributed by atoms with Crippen molar-refractivity contribution in [1.82, 2.24) is 10.3 Å². The number of nitrogens with zero attached hydrogens (tertiary/aromatic N) is 1. The van der Waals surface area contributed by atoms with Crippen LogP contribution in [-0.4, -0.2) is 12.0 Å². The molecule has 0 saturated heterocycles. The highest BCUT2D eigenvalue weighted by Gasteiger charge is 2.08. The molecule has 1 aromatic heterocycles. The Balaban J connectivity index is 2.73. The molecule has 0 bridgehead atoms. The second kappa shape index (κ2) is 4.77. The van der Waals surface area contributed by atoms with Gasteiger partial charge >= 0.3 is 0 Å². The van der Waals surface area contributed by atoms with Gasteiger partial charge in [-0.3, -0.25) is 4.98 Å². The molecule has 0 aliphatic rings. The van der Waals surface area contributed by atoms with Crippen LogP contribution < -0.4 is 5.32 Å². The fourth-order valence-corrected chi connectivity index (χ4v) is 1.29. The molecule has 0 fully saturated rings. The third-order valence-electron chi connectivity index (χ3n) is 1.95. The van der Waals surface area contributed by atoms with Gasteiger partial charge in [0.2, 0.25) is 0 Å². The second-order valence-electron chi connectivity index (χ2n) is 3.26. The summed E-state index contributed by atoms with van der Waals surface area (Å²) in [6.45, 7) is 5.94. The van der Waals surface area contributed by atoms with Crippen molar-refractivity contribution < 1.29 is 0 Å². The van der Waals surface area contributed by atoms with Gasteiger partial charge in [0.1, 0.15) is 0 Å². The van der Waals surface area contributed by atoms with E-state index in [1.807, 2.05) is 38.4 Å². The van der Waals surface area contributed by atoms with Crippen LogP contribution in [0.1, 0.15) is 25.1 Å². The van der Waals surface area contributed by atoms with Crippen molar-refractivity contribution in [2.75, 3.05) is 7.05 Å². The van der Waals surface area contributed by atoms with Crippen molar-refractivity contribution in [3.8, 4) is 0 Å². The van der Waals surface area contributed by atoms with Gasteiger partial charge in [-0.2, -0.15) is 0 Å². The number of nitrogens with one attached hydrogen (secondary N) is 1. The maximum Gasteiger partial charge on any atom is 0.0576 e. The van der Waals surface area contributed by atoms with Crippen LogP contribution in [0, 0.1) is 0 Å². The van der Waals surface area contributed by atoms with E-state index in [1.165, 1.54) is 5.57 Å². The number of aromatic nitrogens is 1. The van der Waals surface area contributed by atoms with E-state index in [0.717, 1.165) is 12.1 Å². The first-order chi connectivity index (χ1) is 6.24. The Labute approximate surface area is 79.7 Å². The lowest BCUT2D eigenvalue weighted by atomic mass is 10.1. The third kappa shape index (κ3) is 2.99. The molecule has 2 nitrogen and oxygen atoms in total. The maximum absolute atomic E-state index is 4.30. The Morgan fingerprint density at radius 2 is 2.38 bits per heavy atom. The summed E-state index contributed by atoms with van der Waals surface area (Å²) >= 11 is 0. The fraction of sp³-hybridized carbons (Fsp3) is 0.364. The molecule has 1 atom stereocenters. The van der Waals surface area contributed by atoms with Gasteiger partial charge in [-0.15, -0.1) is 6.58 Å². The molecule has 0 aliphatic heterocycles. The summed E-state index contributed by atoms with van der Waals surface area (Å²) in [7, 11) is 1.95. The molecular formula is C11H16N2. The van der Waals surface area contributed by atoms with Gasteiger partial charge in [0.15, 0.2) is 0 Å². The van der Waals surface area contributed by atoms with Crippen molar-refractivity contribution in [1.29, 1.82) is 0 Å². The highest BCUT2D eigenvalue weighted by atomic mass is 14.9. The first-order valence-corrected chi connectivity index (χ1v) is 4.46. The fourth-order valence-electron chi connectivity index (χ4n) is 1.29. The average Bonchev–Trinajstić information content (AvgIpc) is 2.15. The van der Waals surface area contributed by atoms with Crippen molar-refractivity contribution >= 4 is 0 Å². The van der Waals surface area contributed by atoms with Gasteiger partial charge in [0.25, 0.3) is 0 Å². The van der Waals surface area contributed by atoms with Crippen LogP contribution >= 0.6 is 0 Å². The van der Waals surface area contributed by atoms with E-state index < -0.39 is 0 Å². The molecule has 0 amide bonds. The second-order valence-corrected chi connectivity index (χ2v) is 3.26. The number of hydrogen-bond acceptors (Lipinski definition) is 2. The molecule has 1 N–H and O–H groups in total. The third-order valence-corrected chi connectivity index (χ3v) is 1.95. The smallest absolute Gasteiger partial charge is 0.0576 e. The zero-order chi connectivity index (χ0) is 9.68. The van der Waals surface area contributed by atoms with Gasteiger partial charge in [-0.1, -0.05) is 11.6 Å². The zero-order valence-electron chi connectivity index (χ0n) is 8.25. The summed E-state index contributed by atoms with van der Waals surface area (Å²) in [6, 6.07) is 6.25. The Hall–Kier alpha value is -1.15. The van der Waals surface area contributed by atoms with Crippen LogP contribution in [0.2, 0.25) is 0 Å². The summed E-state index contributed by atoms with van der Waals surface area (Å²) in [4.78, 5) is 4.30. The summed E-state index contributed by atoms with van der Waals surface area (Å²) < 4.78 is 0. The Morgan fingerprint density at radius 1 is 1.62 bits per heavy atom. The molecule has 1 heterocycles. The van der Waals surface area contributed by atoms with Gasteiger partial charge < -0.3 is 5.32 Å². The Kier molecular flexibility index (Phi) is 3.65. The van der Waals surface area contributed by atoms with E-state index in [2.05, 4.69) is 16.9 Å². The van der Waals surface area contributed by atoms with Crippen LogP contribution in [0.25, 0.3) is 0 Å². The molecule has 70 valence electrons. The predicted octanol–water partition coefficient (Wildman–Crippen LogP) is 2.31. The summed E-state index contributed by atoms with van der Waals surface area (Å²) in [5, 5.41) is 3.23. The van der Waals surface area contributed by atoms with E-state index in [-0.39, 0.29) is 0 Å². The SMILES string of the molecule is C=C(C)CC(NC)c1ccccn1. The largest absolute Gasteiger partial charge is 0.311 e. The van der Waals surface area contributed by atoms with E-state index in [1.54, 1.807) is 0 Å². The number of hydrogen-bond donors (Lipinski definition) is 1. The van der Waals surface area contributed by atoms with E-state index in [4.69, 9.17) is 0 Å². The molecule has 2 heteroatoms. The van der Waals surface area contributed by atoms with E-state index in [9.17, 15) is 0 Å². The topological polar surface area (TPSA) is 24.9 Å². The molecule has 1 unspecified atom stereocenters.